The summed E-state index contributed by atoms with van der Waals surface area (Å²) in [4.78, 5) is 27.3. The predicted octanol–water partition coefficient (Wildman–Crippen LogP) is 0.119. The summed E-state index contributed by atoms with van der Waals surface area (Å²) in [6.07, 6.45) is 0. The van der Waals surface area contributed by atoms with Gasteiger partial charge < -0.3 is 5.73 Å². The molecule has 0 fully saturated rings. The van der Waals surface area contributed by atoms with Gasteiger partial charge in [-0.25, -0.2) is 9.79 Å². The molecule has 1 heterocycles. The van der Waals surface area contributed by atoms with Crippen molar-refractivity contribution in [2.24, 2.45) is 30.2 Å². The number of hydrogen-bond acceptors (Lipinski definition) is 3. The molecule has 0 spiro atoms. The Balaban J connectivity index is 3.46. The first-order valence-corrected chi connectivity index (χ1v) is 5.26. The van der Waals surface area contributed by atoms with E-state index in [-0.39, 0.29) is 11.2 Å². The van der Waals surface area contributed by atoms with E-state index in [1.165, 1.54) is 17.7 Å². The van der Waals surface area contributed by atoms with Gasteiger partial charge >= 0.3 is 5.69 Å². The largest absolute Gasteiger partial charge is 0.387 e. The molecular weight excluding hydrogens is 220 g/mol. The summed E-state index contributed by atoms with van der Waals surface area (Å²) in [7, 11) is 2.97. The Morgan fingerprint density at radius 2 is 1.76 bits per heavy atom. The third-order valence-electron chi connectivity index (χ3n) is 2.50. The van der Waals surface area contributed by atoms with E-state index in [9.17, 15) is 9.59 Å². The van der Waals surface area contributed by atoms with E-state index in [4.69, 9.17) is 5.73 Å². The molecule has 1 aromatic rings. The molecule has 6 nitrogen and oxygen atoms in total. The second-order valence-electron chi connectivity index (χ2n) is 4.99. The molecule has 1 aromatic heterocycles. The molecule has 0 aliphatic rings. The van der Waals surface area contributed by atoms with Gasteiger partial charge in [0.05, 0.1) is 0 Å². The van der Waals surface area contributed by atoms with Crippen LogP contribution in [0.2, 0.25) is 0 Å². The summed E-state index contributed by atoms with van der Waals surface area (Å²) in [5.41, 5.74) is 4.69. The van der Waals surface area contributed by atoms with Gasteiger partial charge in [0.25, 0.3) is 5.56 Å². The van der Waals surface area contributed by atoms with Crippen molar-refractivity contribution in [1.29, 1.82) is 0 Å². The molecule has 0 aliphatic heterocycles. The zero-order valence-corrected chi connectivity index (χ0v) is 10.8. The van der Waals surface area contributed by atoms with Gasteiger partial charge in [-0.2, -0.15) is 0 Å². The topological polar surface area (TPSA) is 82.4 Å². The molecule has 0 amide bonds. The summed E-state index contributed by atoms with van der Waals surface area (Å²) < 4.78 is 2.31. The maximum Gasteiger partial charge on any atom is 0.332 e. The van der Waals surface area contributed by atoms with Gasteiger partial charge in [0.2, 0.25) is 0 Å². The van der Waals surface area contributed by atoms with E-state index in [2.05, 4.69) is 4.99 Å². The zero-order chi connectivity index (χ0) is 13.4. The van der Waals surface area contributed by atoms with Crippen LogP contribution in [0.25, 0.3) is 0 Å². The standard InChI is InChI=1S/C11H18N4O2/c1-11(2,3)9(12)13-7-6-8(16)15(5)10(17)14(7)4/h6H,1-5H3,(H2,12,13). The van der Waals surface area contributed by atoms with Crippen LogP contribution < -0.4 is 17.0 Å². The Hall–Kier alpha value is -1.85. The van der Waals surface area contributed by atoms with Gasteiger partial charge in [-0.15, -0.1) is 0 Å². The number of nitrogens with two attached hydrogens (primary N) is 1. The molecule has 2 N–H and O–H groups in total. The van der Waals surface area contributed by atoms with Crippen LogP contribution in [0.5, 0.6) is 0 Å². The normalized spacial score (nSPS) is 12.9. The molecule has 6 heteroatoms. The second-order valence-corrected chi connectivity index (χ2v) is 4.99. The van der Waals surface area contributed by atoms with Crippen molar-refractivity contribution in [1.82, 2.24) is 9.13 Å². The van der Waals surface area contributed by atoms with Gasteiger partial charge in [0.15, 0.2) is 0 Å². The summed E-state index contributed by atoms with van der Waals surface area (Å²) in [5.74, 6) is 0.645. The number of hydrogen-bond donors (Lipinski definition) is 1. The van der Waals surface area contributed by atoms with Gasteiger partial charge in [-0.3, -0.25) is 13.9 Å². The van der Waals surface area contributed by atoms with Gasteiger partial charge in [0, 0.05) is 25.6 Å². The average Bonchev–Trinajstić information content (AvgIpc) is 2.21. The lowest BCUT2D eigenvalue weighted by atomic mass is 9.95. The number of aliphatic imine (C=N–C) groups is 1. The van der Waals surface area contributed by atoms with Crippen LogP contribution in [0.1, 0.15) is 20.8 Å². The fourth-order valence-corrected chi connectivity index (χ4v) is 1.12. The summed E-state index contributed by atoms with van der Waals surface area (Å²) in [6.45, 7) is 5.72. The van der Waals surface area contributed by atoms with Crippen LogP contribution in [-0.2, 0) is 14.1 Å². The summed E-state index contributed by atoms with van der Waals surface area (Å²) in [6, 6.07) is 1.29. The first kappa shape index (κ1) is 13.2. The van der Waals surface area contributed by atoms with E-state index in [0.717, 1.165) is 4.57 Å². The first-order chi connectivity index (χ1) is 7.64. The first-order valence-electron chi connectivity index (χ1n) is 5.26. The maximum atomic E-state index is 11.7. The monoisotopic (exact) mass is 238 g/mol. The molecule has 0 saturated heterocycles. The summed E-state index contributed by atoms with van der Waals surface area (Å²) >= 11 is 0. The van der Waals surface area contributed by atoms with E-state index >= 15 is 0 Å². The number of nitrogens with zero attached hydrogens (tertiary/aromatic N) is 3. The van der Waals surface area contributed by atoms with Crippen LogP contribution >= 0.6 is 0 Å². The number of amidine groups is 1. The van der Waals surface area contributed by atoms with Crippen LogP contribution in [0, 0.1) is 5.41 Å². The highest BCUT2D eigenvalue weighted by Crippen LogP contribution is 2.16. The highest BCUT2D eigenvalue weighted by molar-refractivity contribution is 5.87. The Bertz CT molecular complexity index is 573. The van der Waals surface area contributed by atoms with Crippen LogP contribution in [0.3, 0.4) is 0 Å². The van der Waals surface area contributed by atoms with Crippen molar-refractivity contribution in [2.75, 3.05) is 0 Å². The van der Waals surface area contributed by atoms with Gasteiger partial charge in [-0.1, -0.05) is 20.8 Å². The zero-order valence-electron chi connectivity index (χ0n) is 10.8. The van der Waals surface area contributed by atoms with E-state index in [0.29, 0.717) is 5.84 Å². The van der Waals surface area contributed by atoms with Crippen molar-refractivity contribution < 1.29 is 0 Å². The van der Waals surface area contributed by atoms with Crippen molar-refractivity contribution in [2.45, 2.75) is 20.8 Å². The quantitative estimate of drug-likeness (QED) is 0.557. The average molecular weight is 238 g/mol. The molecule has 0 radical (unpaired) electrons. The Labute approximate surface area is 99.4 Å². The Morgan fingerprint density at radius 1 is 1.24 bits per heavy atom. The molecule has 0 aromatic carbocycles. The number of rotatable bonds is 1. The van der Waals surface area contributed by atoms with Crippen LogP contribution in [0.15, 0.2) is 20.6 Å². The fourth-order valence-electron chi connectivity index (χ4n) is 1.12. The van der Waals surface area contributed by atoms with E-state index < -0.39 is 11.2 Å². The SMILES string of the molecule is Cn1c(/N=C(\N)C(C)(C)C)cc(=O)n(C)c1=O. The molecular formula is C11H18N4O2. The van der Waals surface area contributed by atoms with Crippen molar-refractivity contribution in [3.8, 4) is 0 Å². The summed E-state index contributed by atoms with van der Waals surface area (Å²) in [5, 5.41) is 0. The maximum absolute atomic E-state index is 11.7. The Morgan fingerprint density at radius 3 is 2.24 bits per heavy atom. The van der Waals surface area contributed by atoms with Crippen molar-refractivity contribution >= 4 is 11.7 Å². The third-order valence-corrected chi connectivity index (χ3v) is 2.50. The highest BCUT2D eigenvalue weighted by atomic mass is 16.2. The second kappa shape index (κ2) is 4.20. The van der Waals surface area contributed by atoms with Crippen LogP contribution in [-0.4, -0.2) is 15.0 Å². The lowest BCUT2D eigenvalue weighted by molar-refractivity contribution is 0.583. The van der Waals surface area contributed by atoms with Crippen LogP contribution in [0.4, 0.5) is 5.82 Å². The molecule has 0 bridgehead atoms. The highest BCUT2D eigenvalue weighted by Gasteiger charge is 2.16. The molecule has 94 valence electrons. The number of aromatic nitrogens is 2. The fraction of sp³-hybridized carbons (Fsp3) is 0.545. The lowest BCUT2D eigenvalue weighted by Crippen LogP contribution is -2.36. The van der Waals surface area contributed by atoms with E-state index in [1.807, 2.05) is 20.8 Å². The Kier molecular flexibility index (Phi) is 3.26. The molecule has 1 rings (SSSR count). The van der Waals surface area contributed by atoms with Crippen molar-refractivity contribution in [3.63, 3.8) is 0 Å². The van der Waals surface area contributed by atoms with Gasteiger partial charge in [-0.05, 0) is 0 Å². The molecule has 0 atom stereocenters. The molecule has 0 unspecified atom stereocenters. The minimum atomic E-state index is -0.419. The smallest absolute Gasteiger partial charge is 0.332 e. The molecule has 0 aliphatic carbocycles. The minimum absolute atomic E-state index is 0.269. The lowest BCUT2D eigenvalue weighted by Gasteiger charge is -2.17. The third kappa shape index (κ3) is 2.64. The van der Waals surface area contributed by atoms with Crippen molar-refractivity contribution in [3.05, 3.63) is 26.9 Å². The molecule has 0 saturated carbocycles. The van der Waals surface area contributed by atoms with Gasteiger partial charge in [0.1, 0.15) is 11.7 Å². The minimum Gasteiger partial charge on any atom is -0.387 e. The predicted molar refractivity (Wildman–Crippen MR) is 67.7 cm³/mol. The van der Waals surface area contributed by atoms with E-state index in [1.54, 1.807) is 7.05 Å². The molecule has 17 heavy (non-hydrogen) atoms.